The summed E-state index contributed by atoms with van der Waals surface area (Å²) in [4.78, 5) is 0. The first kappa shape index (κ1) is 9.14. The largest absolute Gasteiger partial charge is 0.164 e. The number of hydrogen-bond acceptors (Lipinski definition) is 0. The van der Waals surface area contributed by atoms with Crippen molar-refractivity contribution in [1.82, 2.24) is 0 Å². The molecule has 0 saturated heterocycles. The van der Waals surface area contributed by atoms with Crippen LogP contribution in [0.5, 0.6) is 0 Å². The summed E-state index contributed by atoms with van der Waals surface area (Å²) in [5.41, 5.74) is 0. The van der Waals surface area contributed by atoms with E-state index in [1.165, 1.54) is 27.5 Å². The Morgan fingerprint density at radius 1 is 1.25 bits per heavy atom. The molecule has 28 valence electrons. The lowest BCUT2D eigenvalue weighted by Gasteiger charge is -1.49. The van der Waals surface area contributed by atoms with E-state index in [4.69, 9.17) is 0 Å². The molecule has 0 N–H and O–H groups in total. The summed E-state index contributed by atoms with van der Waals surface area (Å²) in [6.45, 7) is 0. The zero-order valence-corrected chi connectivity index (χ0v) is 10.2. The van der Waals surface area contributed by atoms with Crippen LogP contribution in [0.1, 0.15) is 0 Å². The molecule has 0 amide bonds. The maximum atomic E-state index is 1.46. The molecule has 0 radical (unpaired) electrons. The number of hydrogen-bond donors (Lipinski definition) is 0. The van der Waals surface area contributed by atoms with Gasteiger partial charge in [0.25, 0.3) is 0 Å². The summed E-state index contributed by atoms with van der Waals surface area (Å²) in [7, 11) is 4.28. The zero-order chi connectivity index (χ0) is 2.71. The van der Waals surface area contributed by atoms with Crippen LogP contribution in [-0.4, -0.2) is 19.8 Å². The maximum absolute atomic E-state index is 1.46. The smallest absolute Gasteiger partial charge is 0.0234 e. The van der Waals surface area contributed by atoms with E-state index in [2.05, 4.69) is 0 Å². The van der Waals surface area contributed by atoms with Gasteiger partial charge in [0.05, 0.1) is 0 Å². The van der Waals surface area contributed by atoms with Crippen molar-refractivity contribution in [3.8, 4) is 0 Å². The van der Waals surface area contributed by atoms with Crippen LogP contribution in [0.15, 0.2) is 0 Å². The van der Waals surface area contributed by atoms with E-state index in [0.29, 0.717) is 0 Å². The predicted octanol–water partition coefficient (Wildman–Crippen LogP) is -1.16. The molecule has 0 aromatic rings. The minimum absolute atomic E-state index is 0. The van der Waals surface area contributed by atoms with Crippen molar-refractivity contribution in [3.63, 3.8) is 0 Å². The monoisotopic (exact) mass is 222 g/mol. The lowest BCUT2D eigenvalue weighted by Crippen LogP contribution is -1.30. The molecule has 0 aliphatic heterocycles. The molecule has 0 rings (SSSR count). The van der Waals surface area contributed by atoms with Crippen LogP contribution in [0.25, 0.3) is 0 Å². The fourth-order valence-electron chi connectivity index (χ4n) is 0. The second-order valence-corrected chi connectivity index (χ2v) is 13.5. The van der Waals surface area contributed by atoms with E-state index in [0.717, 1.165) is 0 Å². The second kappa shape index (κ2) is 8.82. The van der Waals surface area contributed by atoms with Crippen molar-refractivity contribution >= 4 is 51.5 Å². The maximum Gasteiger partial charge on any atom is 0.0234 e. The average molecular weight is 222 g/mol. The third kappa shape index (κ3) is 9.52. The Hall–Kier alpha value is 1.59. The molecule has 0 heterocycles. The molecule has 0 aromatic carbocycles. The molecule has 0 atom stereocenters. The average Bonchev–Trinajstić information content (AvgIpc) is 0.918. The van der Waals surface area contributed by atoms with Gasteiger partial charge in [-0.25, -0.2) is 0 Å². The molecule has 4 heteroatoms. The standard InChI is InChI=1S/HI.H7PSi2/c;2-1-3/h1H;1H,2-3H3. The summed E-state index contributed by atoms with van der Waals surface area (Å²) >= 11 is 0. The van der Waals surface area contributed by atoms with Crippen molar-refractivity contribution in [2.75, 3.05) is 0 Å². The van der Waals surface area contributed by atoms with Crippen LogP contribution >= 0.6 is 31.7 Å². The fraction of sp³-hybridized carbons (Fsp3) is 0. The van der Waals surface area contributed by atoms with Gasteiger partial charge in [-0.15, -0.1) is 24.0 Å². The van der Waals surface area contributed by atoms with Crippen LogP contribution < -0.4 is 0 Å². The van der Waals surface area contributed by atoms with Crippen LogP contribution in [0.4, 0.5) is 0 Å². The van der Waals surface area contributed by atoms with E-state index < -0.39 is 0 Å². The van der Waals surface area contributed by atoms with Gasteiger partial charge in [0, 0.05) is 19.8 Å². The van der Waals surface area contributed by atoms with Gasteiger partial charge in [0.2, 0.25) is 0 Å². The van der Waals surface area contributed by atoms with Crippen LogP contribution in [-0.2, 0) is 0 Å². The molecule has 0 spiro atoms. The summed E-state index contributed by atoms with van der Waals surface area (Å²) in [6, 6.07) is 0. The molecule has 0 bridgehead atoms. The Kier molecular flexibility index (Phi) is 20.2. The topological polar surface area (TPSA) is 0 Å². The summed E-state index contributed by atoms with van der Waals surface area (Å²) in [5, 5.41) is 0. The molecular weight excluding hydrogens is 214 g/mol. The fourth-order valence-corrected chi connectivity index (χ4v) is 0. The first-order chi connectivity index (χ1) is 1.41. The highest BCUT2D eigenvalue weighted by Gasteiger charge is 1.35. The highest BCUT2D eigenvalue weighted by molar-refractivity contribution is 14.0. The summed E-state index contributed by atoms with van der Waals surface area (Å²) in [6.07, 6.45) is 0. The highest BCUT2D eigenvalue weighted by Crippen LogP contribution is 1.79. The van der Waals surface area contributed by atoms with Gasteiger partial charge in [0.1, 0.15) is 0 Å². The van der Waals surface area contributed by atoms with Gasteiger partial charge in [-0.2, -0.15) is 7.68 Å². The highest BCUT2D eigenvalue weighted by atomic mass is 127. The van der Waals surface area contributed by atoms with Crippen molar-refractivity contribution in [3.05, 3.63) is 0 Å². The van der Waals surface area contributed by atoms with Gasteiger partial charge < -0.3 is 0 Å². The minimum atomic E-state index is 0. The third-order valence-electron chi connectivity index (χ3n) is 0. The molecule has 0 unspecified atom stereocenters. The SMILES string of the molecule is I.[SiH3]P[SiH3]. The van der Waals surface area contributed by atoms with Gasteiger partial charge in [-0.3, -0.25) is 0 Å². The first-order valence-corrected chi connectivity index (χ1v) is 9.00. The second-order valence-electron chi connectivity index (χ2n) is 0.500. The van der Waals surface area contributed by atoms with E-state index >= 15 is 0 Å². The Morgan fingerprint density at radius 2 is 1.25 bits per heavy atom. The van der Waals surface area contributed by atoms with Gasteiger partial charge in [-0.1, -0.05) is 0 Å². The third-order valence-corrected chi connectivity index (χ3v) is 0. The van der Waals surface area contributed by atoms with Gasteiger partial charge in [0.15, 0.2) is 0 Å². The quantitative estimate of drug-likeness (QED) is 0.275. The lowest BCUT2D eigenvalue weighted by atomic mass is 27.5. The van der Waals surface area contributed by atoms with E-state index in [1.54, 1.807) is 0 Å². The zero-order valence-electron chi connectivity index (χ0n) is 2.91. The molecule has 0 aliphatic carbocycles. The lowest BCUT2D eigenvalue weighted by molar-refractivity contribution is 4.81. The van der Waals surface area contributed by atoms with Crippen molar-refractivity contribution < 1.29 is 0 Å². The van der Waals surface area contributed by atoms with Crippen LogP contribution in [0.3, 0.4) is 0 Å². The normalized spacial score (nSPS) is 9.00. The molecule has 4 heavy (non-hydrogen) atoms. The number of halogens is 1. The van der Waals surface area contributed by atoms with Gasteiger partial charge >= 0.3 is 0 Å². The Morgan fingerprint density at radius 3 is 1.25 bits per heavy atom. The summed E-state index contributed by atoms with van der Waals surface area (Å²) < 4.78 is 0. The summed E-state index contributed by atoms with van der Waals surface area (Å²) in [5.74, 6) is 0. The first-order valence-electron chi connectivity index (χ1n) is 1.00. The molecule has 0 aliphatic rings. The molecular formula is H8IPSi2. The Bertz CT molecular complexity index is 6.00. The molecule has 0 aromatic heterocycles. The van der Waals surface area contributed by atoms with E-state index in [9.17, 15) is 0 Å². The Labute approximate surface area is 51.5 Å². The van der Waals surface area contributed by atoms with Gasteiger partial charge in [-0.05, 0) is 0 Å². The van der Waals surface area contributed by atoms with Crippen molar-refractivity contribution in [2.45, 2.75) is 0 Å². The van der Waals surface area contributed by atoms with Crippen LogP contribution in [0.2, 0.25) is 0 Å². The molecule has 0 fully saturated rings. The Balaban J connectivity index is 0. The molecule has 0 saturated carbocycles. The van der Waals surface area contributed by atoms with E-state index in [-0.39, 0.29) is 24.0 Å². The number of rotatable bonds is 0. The van der Waals surface area contributed by atoms with Crippen molar-refractivity contribution in [1.29, 1.82) is 0 Å². The van der Waals surface area contributed by atoms with Crippen molar-refractivity contribution in [2.24, 2.45) is 0 Å². The predicted molar refractivity (Wildman–Crippen MR) is 43.6 cm³/mol. The van der Waals surface area contributed by atoms with Crippen LogP contribution in [0, 0.1) is 0 Å². The van der Waals surface area contributed by atoms with E-state index in [1.807, 2.05) is 0 Å². The molecule has 0 nitrogen and oxygen atoms in total. The minimum Gasteiger partial charge on any atom is -0.164 e.